The number of nitrogens with one attached hydrogen (secondary N) is 1. The van der Waals surface area contributed by atoms with Crippen LogP contribution in [0, 0.1) is 6.92 Å². The Morgan fingerprint density at radius 2 is 2.15 bits per heavy atom. The zero-order chi connectivity index (χ0) is 18.6. The van der Waals surface area contributed by atoms with Crippen LogP contribution in [-0.2, 0) is 17.8 Å². The molecule has 0 spiro atoms. The van der Waals surface area contributed by atoms with Crippen LogP contribution in [0.25, 0.3) is 10.8 Å². The van der Waals surface area contributed by atoms with E-state index in [2.05, 4.69) is 20.4 Å². The van der Waals surface area contributed by atoms with Crippen LogP contribution < -0.4 is 5.32 Å². The minimum atomic E-state index is -0.151. The molecule has 1 N–H and O–H groups in total. The first-order valence-corrected chi connectivity index (χ1v) is 10.2. The van der Waals surface area contributed by atoms with Gasteiger partial charge in [0.25, 0.3) is 0 Å². The molecule has 142 valence electrons. The largest absolute Gasteiger partial charge is 0.440 e. The fraction of sp³-hybridized carbons (Fsp3) is 0.474. The molecule has 1 fully saturated rings. The Labute approximate surface area is 161 Å². The maximum atomic E-state index is 12.3. The van der Waals surface area contributed by atoms with Gasteiger partial charge in [-0.15, -0.1) is 11.3 Å². The molecule has 3 heterocycles. The van der Waals surface area contributed by atoms with Crippen LogP contribution in [0.3, 0.4) is 0 Å². The van der Waals surface area contributed by atoms with E-state index in [1.807, 2.05) is 24.4 Å². The van der Waals surface area contributed by atoms with Gasteiger partial charge in [-0.2, -0.15) is 4.98 Å². The lowest BCUT2D eigenvalue weighted by molar-refractivity contribution is -0.120. The van der Waals surface area contributed by atoms with Gasteiger partial charge in [0, 0.05) is 5.92 Å². The predicted molar refractivity (Wildman–Crippen MR) is 100 cm³/mol. The van der Waals surface area contributed by atoms with Gasteiger partial charge in [-0.05, 0) is 31.2 Å². The fourth-order valence-electron chi connectivity index (χ4n) is 3.35. The van der Waals surface area contributed by atoms with E-state index in [-0.39, 0.29) is 18.9 Å². The smallest absolute Gasteiger partial charge is 0.246 e. The second kappa shape index (κ2) is 8.04. The van der Waals surface area contributed by atoms with Crippen molar-refractivity contribution < 1.29 is 13.7 Å². The maximum absolute atomic E-state index is 12.3. The summed E-state index contributed by atoms with van der Waals surface area (Å²) in [7, 11) is 0. The van der Waals surface area contributed by atoms with Crippen molar-refractivity contribution in [3.8, 4) is 10.8 Å². The van der Waals surface area contributed by atoms with Crippen molar-refractivity contribution >= 4 is 17.2 Å². The first-order valence-electron chi connectivity index (χ1n) is 9.28. The van der Waals surface area contributed by atoms with Gasteiger partial charge in [-0.3, -0.25) is 4.79 Å². The molecule has 3 aromatic rings. The van der Waals surface area contributed by atoms with E-state index in [9.17, 15) is 4.79 Å². The molecule has 3 aromatic heterocycles. The molecule has 27 heavy (non-hydrogen) atoms. The highest BCUT2D eigenvalue weighted by Gasteiger charge is 2.21. The van der Waals surface area contributed by atoms with E-state index >= 15 is 0 Å². The third kappa shape index (κ3) is 4.27. The van der Waals surface area contributed by atoms with Crippen molar-refractivity contribution in [1.82, 2.24) is 20.4 Å². The van der Waals surface area contributed by atoms with Gasteiger partial charge in [0.2, 0.25) is 17.7 Å². The number of nitrogens with zero attached hydrogens (tertiary/aromatic N) is 3. The summed E-state index contributed by atoms with van der Waals surface area (Å²) in [6.07, 6.45) is 6.11. The number of aromatic nitrogens is 3. The Hall–Kier alpha value is -2.48. The molecule has 1 amide bonds. The predicted octanol–water partition coefficient (Wildman–Crippen LogP) is 4.00. The lowest BCUT2D eigenvalue weighted by atomic mass is 9.89. The number of hydrogen-bond acceptors (Lipinski definition) is 7. The molecule has 4 rings (SSSR count). The number of amides is 1. The third-order valence-electron chi connectivity index (χ3n) is 4.84. The van der Waals surface area contributed by atoms with Crippen LogP contribution in [-0.4, -0.2) is 21.0 Å². The van der Waals surface area contributed by atoms with Crippen molar-refractivity contribution in [2.75, 3.05) is 0 Å². The summed E-state index contributed by atoms with van der Waals surface area (Å²) >= 11 is 1.55. The summed E-state index contributed by atoms with van der Waals surface area (Å²) in [6, 6.07) is 3.89. The molecule has 0 aromatic carbocycles. The van der Waals surface area contributed by atoms with Gasteiger partial charge in [-0.25, -0.2) is 4.98 Å². The van der Waals surface area contributed by atoms with Crippen LogP contribution in [0.15, 0.2) is 26.5 Å². The van der Waals surface area contributed by atoms with Gasteiger partial charge in [0.1, 0.15) is 5.76 Å². The number of thiophene rings is 1. The average molecular weight is 386 g/mol. The first kappa shape index (κ1) is 17.9. The Morgan fingerprint density at radius 1 is 1.30 bits per heavy atom. The summed E-state index contributed by atoms with van der Waals surface area (Å²) in [5.41, 5.74) is 0.643. The second-order valence-corrected chi connectivity index (χ2v) is 7.78. The standard InChI is InChI=1S/C19H22N4O3S/c1-12-14(21-19(25-12)15-8-5-9-27-15)10-16(24)20-11-17-22-18(23-26-17)13-6-3-2-4-7-13/h5,8-9,13H,2-4,6-7,10-11H2,1H3,(H,20,24). The number of hydrogen-bond donors (Lipinski definition) is 1. The zero-order valence-electron chi connectivity index (χ0n) is 15.2. The van der Waals surface area contributed by atoms with Crippen molar-refractivity contribution in [3.63, 3.8) is 0 Å². The van der Waals surface area contributed by atoms with Crippen LogP contribution >= 0.6 is 11.3 Å². The lowest BCUT2D eigenvalue weighted by Crippen LogP contribution is -2.25. The van der Waals surface area contributed by atoms with E-state index in [1.165, 1.54) is 19.3 Å². The molecule has 8 heteroatoms. The molecular formula is C19H22N4O3S. The van der Waals surface area contributed by atoms with E-state index in [1.54, 1.807) is 11.3 Å². The number of carbonyl (C=O) groups is 1. The highest BCUT2D eigenvalue weighted by molar-refractivity contribution is 7.13. The molecule has 0 unspecified atom stereocenters. The summed E-state index contributed by atoms with van der Waals surface area (Å²) in [6.45, 7) is 2.05. The van der Waals surface area contributed by atoms with Gasteiger partial charge < -0.3 is 14.3 Å². The molecule has 7 nitrogen and oxygen atoms in total. The molecule has 1 aliphatic rings. The van der Waals surface area contributed by atoms with Gasteiger partial charge in [0.05, 0.1) is 23.5 Å². The third-order valence-corrected chi connectivity index (χ3v) is 5.70. The van der Waals surface area contributed by atoms with E-state index in [0.29, 0.717) is 29.2 Å². The number of carbonyl (C=O) groups excluding carboxylic acids is 1. The minimum Gasteiger partial charge on any atom is -0.440 e. The SMILES string of the molecule is Cc1oc(-c2cccs2)nc1CC(=O)NCc1nc(C2CCCCC2)no1. The average Bonchev–Trinajstić information content (AvgIpc) is 3.43. The summed E-state index contributed by atoms with van der Waals surface area (Å²) in [4.78, 5) is 22.1. The zero-order valence-corrected chi connectivity index (χ0v) is 16.1. The molecular weight excluding hydrogens is 364 g/mol. The molecule has 0 aliphatic heterocycles. The summed E-state index contributed by atoms with van der Waals surface area (Å²) in [5.74, 6) is 2.67. The fourth-order valence-corrected chi connectivity index (χ4v) is 4.00. The van der Waals surface area contributed by atoms with Crippen molar-refractivity contribution in [3.05, 3.63) is 40.7 Å². The minimum absolute atomic E-state index is 0.151. The normalized spacial score (nSPS) is 15.1. The van der Waals surface area contributed by atoms with E-state index < -0.39 is 0 Å². The summed E-state index contributed by atoms with van der Waals surface area (Å²) in [5, 5.41) is 8.87. The van der Waals surface area contributed by atoms with Crippen LogP contribution in [0.2, 0.25) is 0 Å². The number of rotatable bonds is 6. The van der Waals surface area contributed by atoms with Crippen LogP contribution in [0.1, 0.15) is 61.2 Å². The van der Waals surface area contributed by atoms with E-state index in [0.717, 1.165) is 23.5 Å². The number of oxazole rings is 1. The maximum Gasteiger partial charge on any atom is 0.246 e. The topological polar surface area (TPSA) is 94.1 Å². The highest BCUT2D eigenvalue weighted by atomic mass is 32.1. The summed E-state index contributed by atoms with van der Waals surface area (Å²) < 4.78 is 11.0. The highest BCUT2D eigenvalue weighted by Crippen LogP contribution is 2.30. The van der Waals surface area contributed by atoms with Gasteiger partial charge in [0.15, 0.2) is 5.82 Å². The quantitative estimate of drug-likeness (QED) is 0.688. The molecule has 1 aliphatic carbocycles. The van der Waals surface area contributed by atoms with E-state index in [4.69, 9.17) is 8.94 Å². The van der Waals surface area contributed by atoms with Crippen LogP contribution in [0.4, 0.5) is 0 Å². The first-order chi connectivity index (χ1) is 13.2. The Balaban J connectivity index is 1.32. The van der Waals surface area contributed by atoms with Crippen molar-refractivity contribution in [1.29, 1.82) is 0 Å². The Bertz CT molecular complexity index is 894. The molecule has 1 saturated carbocycles. The van der Waals surface area contributed by atoms with Crippen LogP contribution in [0.5, 0.6) is 0 Å². The monoisotopic (exact) mass is 386 g/mol. The molecule has 0 atom stereocenters. The van der Waals surface area contributed by atoms with Gasteiger partial charge in [-0.1, -0.05) is 30.5 Å². The van der Waals surface area contributed by atoms with Gasteiger partial charge >= 0.3 is 0 Å². The molecule has 0 radical (unpaired) electrons. The molecule has 0 saturated heterocycles. The Morgan fingerprint density at radius 3 is 2.93 bits per heavy atom. The Kier molecular flexibility index (Phi) is 5.33. The lowest BCUT2D eigenvalue weighted by Gasteiger charge is -2.17. The van der Waals surface area contributed by atoms with Crippen molar-refractivity contribution in [2.45, 2.75) is 57.9 Å². The second-order valence-electron chi connectivity index (χ2n) is 6.83. The number of aryl methyl sites for hydroxylation is 1. The molecule has 0 bridgehead atoms. The van der Waals surface area contributed by atoms with Crippen molar-refractivity contribution in [2.24, 2.45) is 0 Å².